The Morgan fingerprint density at radius 2 is 1.64 bits per heavy atom. The van der Waals surface area contributed by atoms with Gasteiger partial charge in [-0.1, -0.05) is 36.4 Å². The largest absolute Gasteiger partial charge is 0.495 e. The molecule has 0 aliphatic carbocycles. The van der Waals surface area contributed by atoms with Crippen molar-refractivity contribution in [1.29, 1.82) is 0 Å². The molecule has 0 fully saturated rings. The Morgan fingerprint density at radius 1 is 0.880 bits per heavy atom. The lowest BCUT2D eigenvalue weighted by molar-refractivity contribution is 0.413. The molecule has 0 N–H and O–H groups in total. The van der Waals surface area contributed by atoms with Crippen molar-refractivity contribution in [3.8, 4) is 22.6 Å². The number of hydrogen-bond acceptors (Lipinski definition) is 2. The van der Waals surface area contributed by atoms with Crippen LogP contribution in [0.15, 0.2) is 67.0 Å². The fraction of sp³-hybridized carbons (Fsp3) is 0.136. The van der Waals surface area contributed by atoms with Crippen molar-refractivity contribution >= 4 is 11.0 Å². The van der Waals surface area contributed by atoms with Crippen molar-refractivity contribution in [2.24, 2.45) is 0 Å². The van der Waals surface area contributed by atoms with E-state index in [1.807, 2.05) is 24.5 Å². The number of aromatic nitrogens is 2. The molecule has 1 aromatic heterocycles. The number of nitrogens with zero attached hydrogens (tertiary/aromatic N) is 2. The van der Waals surface area contributed by atoms with Crippen molar-refractivity contribution in [2.75, 3.05) is 7.11 Å². The number of rotatable bonds is 3. The molecule has 25 heavy (non-hydrogen) atoms. The first-order chi connectivity index (χ1) is 12.2. The van der Waals surface area contributed by atoms with E-state index in [0.29, 0.717) is 0 Å². The molecule has 124 valence electrons. The van der Waals surface area contributed by atoms with Gasteiger partial charge in [-0.25, -0.2) is 4.98 Å². The van der Waals surface area contributed by atoms with Crippen LogP contribution in [0.4, 0.5) is 0 Å². The third-order valence-electron chi connectivity index (χ3n) is 4.66. The van der Waals surface area contributed by atoms with Crippen LogP contribution < -0.4 is 4.74 Å². The molecular formula is C22H20N2O. The second kappa shape index (κ2) is 6.10. The van der Waals surface area contributed by atoms with E-state index in [1.165, 1.54) is 22.3 Å². The zero-order chi connectivity index (χ0) is 17.4. The van der Waals surface area contributed by atoms with Crippen molar-refractivity contribution in [3.05, 3.63) is 78.1 Å². The van der Waals surface area contributed by atoms with Crippen LogP contribution in [-0.2, 0) is 0 Å². The zero-order valence-corrected chi connectivity index (χ0v) is 14.7. The van der Waals surface area contributed by atoms with E-state index < -0.39 is 0 Å². The van der Waals surface area contributed by atoms with Gasteiger partial charge in [0.1, 0.15) is 12.1 Å². The summed E-state index contributed by atoms with van der Waals surface area (Å²) < 4.78 is 7.78. The van der Waals surface area contributed by atoms with Gasteiger partial charge in [-0.05, 0) is 60.4 Å². The molecule has 0 aliphatic heterocycles. The maximum atomic E-state index is 5.71. The van der Waals surface area contributed by atoms with Crippen LogP contribution in [0.25, 0.3) is 27.8 Å². The Morgan fingerprint density at radius 3 is 2.40 bits per heavy atom. The van der Waals surface area contributed by atoms with Gasteiger partial charge in [0, 0.05) is 0 Å². The molecule has 0 amide bonds. The van der Waals surface area contributed by atoms with Crippen LogP contribution in [-0.4, -0.2) is 16.7 Å². The second-order valence-corrected chi connectivity index (χ2v) is 6.26. The van der Waals surface area contributed by atoms with Crippen LogP contribution in [0.2, 0.25) is 0 Å². The monoisotopic (exact) mass is 328 g/mol. The van der Waals surface area contributed by atoms with Crippen molar-refractivity contribution in [1.82, 2.24) is 9.55 Å². The van der Waals surface area contributed by atoms with E-state index in [1.54, 1.807) is 7.11 Å². The number of para-hydroxylation sites is 2. The van der Waals surface area contributed by atoms with Crippen molar-refractivity contribution < 1.29 is 4.74 Å². The summed E-state index contributed by atoms with van der Waals surface area (Å²) in [5, 5.41) is 0. The molecule has 0 saturated heterocycles. The first-order valence-corrected chi connectivity index (χ1v) is 8.36. The summed E-state index contributed by atoms with van der Waals surface area (Å²) >= 11 is 0. The van der Waals surface area contributed by atoms with Gasteiger partial charge in [-0.15, -0.1) is 0 Å². The highest BCUT2D eigenvalue weighted by atomic mass is 16.5. The normalized spacial score (nSPS) is 11.0. The second-order valence-electron chi connectivity index (χ2n) is 6.26. The van der Waals surface area contributed by atoms with Gasteiger partial charge in [0.2, 0.25) is 0 Å². The lowest BCUT2D eigenvalue weighted by Gasteiger charge is -2.15. The highest BCUT2D eigenvalue weighted by Gasteiger charge is 2.12. The van der Waals surface area contributed by atoms with E-state index >= 15 is 0 Å². The molecule has 0 aliphatic rings. The fourth-order valence-corrected chi connectivity index (χ4v) is 3.45. The molecule has 4 rings (SSSR count). The third-order valence-corrected chi connectivity index (χ3v) is 4.66. The molecule has 3 nitrogen and oxygen atoms in total. The van der Waals surface area contributed by atoms with Crippen molar-refractivity contribution in [3.63, 3.8) is 0 Å². The highest BCUT2D eigenvalue weighted by molar-refractivity contribution is 5.79. The van der Waals surface area contributed by atoms with E-state index in [4.69, 9.17) is 4.74 Å². The number of methoxy groups -OCH3 is 1. The van der Waals surface area contributed by atoms with Crippen LogP contribution in [0.1, 0.15) is 11.1 Å². The third kappa shape index (κ3) is 2.58. The van der Waals surface area contributed by atoms with Gasteiger partial charge < -0.3 is 4.74 Å². The van der Waals surface area contributed by atoms with Crippen LogP contribution in [0, 0.1) is 13.8 Å². The number of aryl methyl sites for hydroxylation is 2. The van der Waals surface area contributed by atoms with Crippen molar-refractivity contribution in [2.45, 2.75) is 13.8 Å². The summed E-state index contributed by atoms with van der Waals surface area (Å²) in [4.78, 5) is 4.49. The number of ether oxygens (including phenoxy) is 1. The maximum absolute atomic E-state index is 5.71. The SMILES string of the molecule is COc1cc(-c2c(C)cccc2C)ccc1-n1cnc2ccccc21. The summed E-state index contributed by atoms with van der Waals surface area (Å²) in [5.74, 6) is 0.836. The standard InChI is InChI=1S/C22H20N2O/c1-15-7-6-8-16(2)22(15)17-11-12-20(21(13-17)25-3)24-14-23-18-9-4-5-10-19(18)24/h4-14H,1-3H3. The van der Waals surface area contributed by atoms with Gasteiger partial charge in [0.15, 0.2) is 0 Å². The molecular weight excluding hydrogens is 308 g/mol. The Bertz CT molecular complexity index is 1040. The number of benzene rings is 3. The predicted octanol–water partition coefficient (Wildman–Crippen LogP) is 5.32. The molecule has 3 aromatic carbocycles. The summed E-state index contributed by atoms with van der Waals surface area (Å²) in [5.41, 5.74) is 8.00. The summed E-state index contributed by atoms with van der Waals surface area (Å²) in [6, 6.07) is 20.9. The van der Waals surface area contributed by atoms with Gasteiger partial charge in [-0.3, -0.25) is 4.57 Å². The molecule has 0 atom stereocenters. The van der Waals surface area contributed by atoms with Crippen LogP contribution >= 0.6 is 0 Å². The average Bonchev–Trinajstić information content (AvgIpc) is 3.05. The lowest BCUT2D eigenvalue weighted by atomic mass is 9.95. The topological polar surface area (TPSA) is 27.1 Å². The first kappa shape index (κ1) is 15.5. The molecule has 3 heteroatoms. The summed E-state index contributed by atoms with van der Waals surface area (Å²) in [6.45, 7) is 4.29. The quantitative estimate of drug-likeness (QED) is 0.509. The van der Waals surface area contributed by atoms with Gasteiger partial charge in [0.05, 0.1) is 23.8 Å². The van der Waals surface area contributed by atoms with E-state index in [-0.39, 0.29) is 0 Å². The summed E-state index contributed by atoms with van der Waals surface area (Å²) in [7, 11) is 1.71. The number of hydrogen-bond donors (Lipinski definition) is 0. The van der Waals surface area contributed by atoms with Crippen LogP contribution in [0.3, 0.4) is 0 Å². The minimum atomic E-state index is 0.836. The van der Waals surface area contributed by atoms with Gasteiger partial charge >= 0.3 is 0 Å². The van der Waals surface area contributed by atoms with E-state index in [9.17, 15) is 0 Å². The Labute approximate surface area is 147 Å². The molecule has 0 unspecified atom stereocenters. The van der Waals surface area contributed by atoms with Crippen LogP contribution in [0.5, 0.6) is 5.75 Å². The molecule has 1 heterocycles. The molecule has 0 bridgehead atoms. The minimum Gasteiger partial charge on any atom is -0.495 e. The van der Waals surface area contributed by atoms with E-state index in [2.05, 4.69) is 65.9 Å². The predicted molar refractivity (Wildman–Crippen MR) is 103 cm³/mol. The highest BCUT2D eigenvalue weighted by Crippen LogP contribution is 2.34. The zero-order valence-electron chi connectivity index (χ0n) is 14.7. The summed E-state index contributed by atoms with van der Waals surface area (Å²) in [6.07, 6.45) is 1.85. The Hall–Kier alpha value is -3.07. The first-order valence-electron chi connectivity index (χ1n) is 8.36. The smallest absolute Gasteiger partial charge is 0.143 e. The van der Waals surface area contributed by atoms with Gasteiger partial charge in [0.25, 0.3) is 0 Å². The number of fused-ring (bicyclic) bond motifs is 1. The number of imidazole rings is 1. The average molecular weight is 328 g/mol. The molecule has 4 aromatic rings. The lowest BCUT2D eigenvalue weighted by Crippen LogP contribution is -1.98. The van der Waals surface area contributed by atoms with E-state index in [0.717, 1.165) is 22.5 Å². The molecule has 0 spiro atoms. The minimum absolute atomic E-state index is 0.836. The Kier molecular flexibility index (Phi) is 3.77. The van der Waals surface area contributed by atoms with Gasteiger partial charge in [-0.2, -0.15) is 0 Å². The fourth-order valence-electron chi connectivity index (χ4n) is 3.45. The Balaban J connectivity index is 1.89. The molecule has 0 saturated carbocycles. The maximum Gasteiger partial charge on any atom is 0.143 e. The molecule has 0 radical (unpaired) electrons.